The van der Waals surface area contributed by atoms with Crippen LogP contribution >= 0.6 is 0 Å². The lowest BCUT2D eigenvalue weighted by Gasteiger charge is -2.27. The highest BCUT2D eigenvalue weighted by Crippen LogP contribution is 2.32. The average molecular weight is 505 g/mol. The van der Waals surface area contributed by atoms with Crippen molar-refractivity contribution >= 4 is 22.8 Å². The molecule has 0 saturated carbocycles. The number of rotatable bonds is 8. The number of unbranched alkanes of at least 4 members (excludes halogenated alkanes) is 1. The van der Waals surface area contributed by atoms with Crippen molar-refractivity contribution in [3.05, 3.63) is 42.4 Å². The summed E-state index contributed by atoms with van der Waals surface area (Å²) in [4.78, 5) is 28.0. The number of hydrogen-bond acceptors (Lipinski definition) is 6. The lowest BCUT2D eigenvalue weighted by atomic mass is 9.97. The van der Waals surface area contributed by atoms with E-state index in [0.717, 1.165) is 113 Å². The number of amides is 1. The van der Waals surface area contributed by atoms with Gasteiger partial charge < -0.3 is 14.5 Å². The maximum atomic E-state index is 13.3. The highest BCUT2D eigenvalue weighted by molar-refractivity contribution is 5.88. The molecule has 4 heterocycles. The Bertz CT molecular complexity index is 1170. The Morgan fingerprint density at radius 1 is 1.05 bits per heavy atom. The largest absolute Gasteiger partial charge is 0.381 e. The molecule has 8 heteroatoms. The summed E-state index contributed by atoms with van der Waals surface area (Å²) in [5.74, 6) is 2.57. The van der Waals surface area contributed by atoms with Gasteiger partial charge in [-0.2, -0.15) is 5.10 Å². The third kappa shape index (κ3) is 5.64. The third-order valence-corrected chi connectivity index (χ3v) is 7.87. The van der Waals surface area contributed by atoms with E-state index in [4.69, 9.17) is 19.8 Å². The molecule has 5 rings (SSSR count). The maximum absolute atomic E-state index is 13.3. The number of carbonyl (C=O) groups excluding carboxylic acids is 1. The van der Waals surface area contributed by atoms with E-state index < -0.39 is 0 Å². The van der Waals surface area contributed by atoms with Crippen LogP contribution in [0.4, 0.5) is 5.82 Å². The molecule has 3 aromatic rings. The molecule has 2 aliphatic rings. The Kier molecular flexibility index (Phi) is 8.34. The number of carbonyl (C=O) groups is 1. The molecule has 198 valence electrons. The predicted molar refractivity (Wildman–Crippen MR) is 146 cm³/mol. The second-order valence-corrected chi connectivity index (χ2v) is 10.3. The second-order valence-electron chi connectivity index (χ2n) is 10.3. The van der Waals surface area contributed by atoms with Crippen LogP contribution in [0.5, 0.6) is 0 Å². The first kappa shape index (κ1) is 25.6. The fourth-order valence-electron chi connectivity index (χ4n) is 5.61. The lowest BCUT2D eigenvalue weighted by molar-refractivity contribution is -0.135. The van der Waals surface area contributed by atoms with Crippen LogP contribution in [0.1, 0.15) is 70.5 Å². The van der Waals surface area contributed by atoms with Crippen LogP contribution in [0.2, 0.25) is 0 Å². The van der Waals surface area contributed by atoms with Crippen molar-refractivity contribution in [1.29, 1.82) is 0 Å². The minimum atomic E-state index is 0.140. The van der Waals surface area contributed by atoms with E-state index in [2.05, 4.69) is 35.8 Å². The Labute approximate surface area is 220 Å². The second kappa shape index (κ2) is 12.0. The van der Waals surface area contributed by atoms with Gasteiger partial charge in [-0.05, 0) is 44.2 Å². The van der Waals surface area contributed by atoms with Gasteiger partial charge in [0.15, 0.2) is 5.65 Å². The van der Waals surface area contributed by atoms with E-state index in [1.165, 1.54) is 0 Å². The van der Waals surface area contributed by atoms with E-state index in [0.29, 0.717) is 5.91 Å². The van der Waals surface area contributed by atoms with Gasteiger partial charge >= 0.3 is 0 Å². The van der Waals surface area contributed by atoms with Crippen LogP contribution in [0.3, 0.4) is 0 Å². The average Bonchev–Trinajstić information content (AvgIpc) is 3.23. The third-order valence-electron chi connectivity index (χ3n) is 7.87. The number of benzene rings is 1. The summed E-state index contributed by atoms with van der Waals surface area (Å²) in [7, 11) is 0. The zero-order valence-corrected chi connectivity index (χ0v) is 22.3. The van der Waals surface area contributed by atoms with Crippen molar-refractivity contribution in [1.82, 2.24) is 24.6 Å². The monoisotopic (exact) mass is 504 g/mol. The molecule has 0 N–H and O–H groups in total. The first-order valence-corrected chi connectivity index (χ1v) is 14.1. The predicted octanol–water partition coefficient (Wildman–Crippen LogP) is 4.96. The van der Waals surface area contributed by atoms with Crippen molar-refractivity contribution in [2.75, 3.05) is 44.3 Å². The molecule has 0 radical (unpaired) electrons. The number of hydrogen-bond donors (Lipinski definition) is 0. The van der Waals surface area contributed by atoms with Crippen molar-refractivity contribution in [3.8, 4) is 5.69 Å². The highest BCUT2D eigenvalue weighted by Gasteiger charge is 2.28. The Hall–Kier alpha value is -3.00. The molecule has 0 unspecified atom stereocenters. The molecular weight excluding hydrogens is 464 g/mol. The van der Waals surface area contributed by atoms with Gasteiger partial charge in [0.2, 0.25) is 5.91 Å². The topological polar surface area (TPSA) is 76.4 Å². The number of fused-ring (bicyclic) bond motifs is 1. The molecule has 1 atom stereocenters. The molecule has 8 nitrogen and oxygen atoms in total. The van der Waals surface area contributed by atoms with E-state index >= 15 is 0 Å². The highest BCUT2D eigenvalue weighted by atomic mass is 16.5. The molecule has 0 aliphatic carbocycles. The fourth-order valence-corrected chi connectivity index (χ4v) is 5.61. The molecule has 1 amide bonds. The van der Waals surface area contributed by atoms with Crippen molar-refractivity contribution in [3.63, 3.8) is 0 Å². The number of aromatic nitrogens is 4. The summed E-state index contributed by atoms with van der Waals surface area (Å²) in [6.07, 6.45) is 8.85. The molecule has 2 saturated heterocycles. The molecule has 37 heavy (non-hydrogen) atoms. The van der Waals surface area contributed by atoms with E-state index in [9.17, 15) is 4.79 Å². The first-order chi connectivity index (χ1) is 18.2. The Morgan fingerprint density at radius 3 is 2.62 bits per heavy atom. The summed E-state index contributed by atoms with van der Waals surface area (Å²) in [5.41, 5.74) is 1.84. The molecule has 0 bridgehead atoms. The Morgan fingerprint density at radius 2 is 1.86 bits per heavy atom. The van der Waals surface area contributed by atoms with Crippen LogP contribution in [0.15, 0.2) is 36.5 Å². The smallest absolute Gasteiger partial charge is 0.225 e. The standard InChI is InChI=1S/C29H40N6O2/c1-3-5-10-22(4-2)29(36)34-16-9-15-33(17-18-34)27-25-21-30-35(24-11-7-6-8-12-24)28(25)32-26(31-27)23-13-19-37-20-14-23/h6-8,11-12,21-23H,3-5,9-10,13-20H2,1-2H3/t22-/m0/s1. The fraction of sp³-hybridized carbons (Fsp3) is 0.586. The molecule has 2 aliphatic heterocycles. The Balaban J connectivity index is 1.45. The number of ether oxygens (including phenoxy) is 1. The summed E-state index contributed by atoms with van der Waals surface area (Å²) in [5, 5.41) is 5.70. The zero-order chi connectivity index (χ0) is 25.6. The number of nitrogens with zero attached hydrogens (tertiary/aromatic N) is 6. The summed E-state index contributed by atoms with van der Waals surface area (Å²) in [6, 6.07) is 10.2. The summed E-state index contributed by atoms with van der Waals surface area (Å²) in [6.45, 7) is 9.00. The number of anilines is 1. The van der Waals surface area contributed by atoms with Gasteiger partial charge in [-0.25, -0.2) is 14.6 Å². The van der Waals surface area contributed by atoms with Crippen LogP contribution in [-0.4, -0.2) is 69.9 Å². The van der Waals surface area contributed by atoms with Crippen molar-refractivity contribution in [2.45, 2.75) is 64.7 Å². The summed E-state index contributed by atoms with van der Waals surface area (Å²) < 4.78 is 7.54. The molecule has 1 aromatic carbocycles. The first-order valence-electron chi connectivity index (χ1n) is 14.1. The van der Waals surface area contributed by atoms with Crippen LogP contribution in [0.25, 0.3) is 16.7 Å². The van der Waals surface area contributed by atoms with E-state index in [1.807, 2.05) is 29.1 Å². The SMILES string of the molecule is CCCC[C@H](CC)C(=O)N1CCCN(c2nc(C3CCOCC3)nc3c2cnn3-c2ccccc2)CC1. The van der Waals surface area contributed by atoms with Gasteiger partial charge in [0.25, 0.3) is 0 Å². The minimum absolute atomic E-state index is 0.140. The zero-order valence-electron chi connectivity index (χ0n) is 22.3. The van der Waals surface area contributed by atoms with E-state index in [-0.39, 0.29) is 11.8 Å². The van der Waals surface area contributed by atoms with Gasteiger partial charge in [0, 0.05) is 51.2 Å². The lowest BCUT2D eigenvalue weighted by Crippen LogP contribution is -2.39. The molecular formula is C29H40N6O2. The van der Waals surface area contributed by atoms with Gasteiger partial charge in [-0.1, -0.05) is 44.9 Å². The van der Waals surface area contributed by atoms with Gasteiger partial charge in [-0.3, -0.25) is 4.79 Å². The van der Waals surface area contributed by atoms with Gasteiger partial charge in [0.05, 0.1) is 17.3 Å². The van der Waals surface area contributed by atoms with Crippen molar-refractivity contribution < 1.29 is 9.53 Å². The normalized spacial score (nSPS) is 18.2. The number of para-hydroxylation sites is 1. The summed E-state index contributed by atoms with van der Waals surface area (Å²) >= 11 is 0. The van der Waals surface area contributed by atoms with Crippen LogP contribution in [-0.2, 0) is 9.53 Å². The van der Waals surface area contributed by atoms with Gasteiger partial charge in [-0.15, -0.1) is 0 Å². The minimum Gasteiger partial charge on any atom is -0.381 e. The van der Waals surface area contributed by atoms with Crippen LogP contribution < -0.4 is 4.90 Å². The van der Waals surface area contributed by atoms with E-state index in [1.54, 1.807) is 0 Å². The quantitative estimate of drug-likeness (QED) is 0.431. The van der Waals surface area contributed by atoms with Crippen LogP contribution in [0, 0.1) is 5.92 Å². The molecule has 0 spiro atoms. The van der Waals surface area contributed by atoms with Crippen molar-refractivity contribution in [2.24, 2.45) is 5.92 Å². The molecule has 2 aromatic heterocycles. The van der Waals surface area contributed by atoms with Gasteiger partial charge in [0.1, 0.15) is 11.6 Å². The maximum Gasteiger partial charge on any atom is 0.225 e. The molecule has 2 fully saturated rings.